The lowest BCUT2D eigenvalue weighted by Gasteiger charge is -2.23. The molecule has 1 N–H and O–H groups in total. The van der Waals surface area contributed by atoms with Crippen molar-refractivity contribution in [2.24, 2.45) is 0 Å². The molecule has 0 amide bonds. The molecule has 1 aliphatic rings. The number of ketones is 1. The van der Waals surface area contributed by atoms with Gasteiger partial charge in [-0.25, -0.2) is 0 Å². The SMILES string of the molecule is CCCCN(CCCC)Cc1c(O)cc(C)c2c1O/C(=C/c1ccccc1OC)C2=O. The second kappa shape index (κ2) is 10.5. The van der Waals surface area contributed by atoms with E-state index >= 15 is 0 Å². The molecule has 0 bridgehead atoms. The summed E-state index contributed by atoms with van der Waals surface area (Å²) in [6.07, 6.45) is 6.13. The number of fused-ring (bicyclic) bond motifs is 1. The van der Waals surface area contributed by atoms with Crippen molar-refractivity contribution in [3.05, 3.63) is 58.3 Å². The summed E-state index contributed by atoms with van der Waals surface area (Å²) in [5, 5.41) is 10.7. The fourth-order valence-corrected chi connectivity index (χ4v) is 3.92. The molecule has 0 fully saturated rings. The number of ether oxygens (including phenoxy) is 2. The molecule has 2 aromatic rings. The van der Waals surface area contributed by atoms with E-state index in [0.29, 0.717) is 29.2 Å². The molecular weight excluding hydrogens is 390 g/mol. The first-order valence-electron chi connectivity index (χ1n) is 11.1. The molecule has 1 heterocycles. The largest absolute Gasteiger partial charge is 0.507 e. The van der Waals surface area contributed by atoms with Crippen molar-refractivity contribution >= 4 is 11.9 Å². The maximum Gasteiger partial charge on any atom is 0.232 e. The third kappa shape index (κ3) is 5.10. The number of unbranched alkanes of at least 4 members (excludes halogenated alkanes) is 2. The lowest BCUT2D eigenvalue weighted by atomic mass is 9.99. The Balaban J connectivity index is 1.97. The minimum absolute atomic E-state index is 0.159. The number of rotatable bonds is 10. The van der Waals surface area contributed by atoms with Crippen LogP contribution in [-0.2, 0) is 6.54 Å². The smallest absolute Gasteiger partial charge is 0.232 e. The van der Waals surface area contributed by atoms with E-state index in [1.807, 2.05) is 31.2 Å². The number of Topliss-reactive ketones (excluding diaryl/α,β-unsaturated/α-hetero) is 1. The highest BCUT2D eigenvalue weighted by Gasteiger charge is 2.33. The van der Waals surface area contributed by atoms with Gasteiger partial charge in [0.1, 0.15) is 17.2 Å². The molecule has 0 saturated heterocycles. The van der Waals surface area contributed by atoms with Gasteiger partial charge in [0, 0.05) is 12.1 Å². The summed E-state index contributed by atoms with van der Waals surface area (Å²) < 4.78 is 11.5. The fourth-order valence-electron chi connectivity index (χ4n) is 3.92. The van der Waals surface area contributed by atoms with Crippen LogP contribution in [0.25, 0.3) is 6.08 Å². The monoisotopic (exact) mass is 423 g/mol. The summed E-state index contributed by atoms with van der Waals surface area (Å²) >= 11 is 0. The highest BCUT2D eigenvalue weighted by Crippen LogP contribution is 2.42. The van der Waals surface area contributed by atoms with E-state index in [1.165, 1.54) is 0 Å². The molecule has 31 heavy (non-hydrogen) atoms. The predicted octanol–water partition coefficient (Wildman–Crippen LogP) is 5.73. The van der Waals surface area contributed by atoms with E-state index < -0.39 is 0 Å². The predicted molar refractivity (Wildman–Crippen MR) is 124 cm³/mol. The maximum absolute atomic E-state index is 13.2. The van der Waals surface area contributed by atoms with Crippen molar-refractivity contribution < 1.29 is 19.4 Å². The van der Waals surface area contributed by atoms with Crippen molar-refractivity contribution in [3.8, 4) is 17.2 Å². The van der Waals surface area contributed by atoms with Crippen LogP contribution in [0.15, 0.2) is 36.1 Å². The average Bonchev–Trinajstić information content (AvgIpc) is 3.09. The van der Waals surface area contributed by atoms with Crippen LogP contribution in [0.2, 0.25) is 0 Å². The van der Waals surface area contributed by atoms with Crippen LogP contribution in [0.1, 0.15) is 66.6 Å². The number of carbonyl (C=O) groups is 1. The topological polar surface area (TPSA) is 59.0 Å². The van der Waals surface area contributed by atoms with E-state index in [9.17, 15) is 9.90 Å². The quantitative estimate of drug-likeness (QED) is 0.495. The normalized spacial score (nSPS) is 14.2. The van der Waals surface area contributed by atoms with Gasteiger partial charge in [0.25, 0.3) is 0 Å². The average molecular weight is 424 g/mol. The lowest BCUT2D eigenvalue weighted by molar-refractivity contribution is 0.101. The molecule has 2 aromatic carbocycles. The van der Waals surface area contributed by atoms with Gasteiger partial charge < -0.3 is 14.6 Å². The molecule has 0 atom stereocenters. The molecule has 166 valence electrons. The number of methoxy groups -OCH3 is 1. The van der Waals surface area contributed by atoms with Crippen molar-refractivity contribution in [2.75, 3.05) is 20.2 Å². The highest BCUT2D eigenvalue weighted by molar-refractivity contribution is 6.16. The Morgan fingerprint density at radius 3 is 2.45 bits per heavy atom. The van der Waals surface area contributed by atoms with E-state index in [1.54, 1.807) is 19.3 Å². The van der Waals surface area contributed by atoms with Crippen LogP contribution in [0.5, 0.6) is 17.2 Å². The van der Waals surface area contributed by atoms with Crippen LogP contribution < -0.4 is 9.47 Å². The van der Waals surface area contributed by atoms with Gasteiger partial charge in [-0.2, -0.15) is 0 Å². The van der Waals surface area contributed by atoms with E-state index in [2.05, 4.69) is 18.7 Å². The number of carbonyl (C=O) groups excluding carboxylic acids is 1. The first-order valence-corrected chi connectivity index (χ1v) is 11.1. The summed E-state index contributed by atoms with van der Waals surface area (Å²) in [5.74, 6) is 1.44. The molecule has 0 saturated carbocycles. The molecule has 3 rings (SSSR count). The summed E-state index contributed by atoms with van der Waals surface area (Å²) in [6.45, 7) is 8.66. The second-order valence-corrected chi connectivity index (χ2v) is 8.06. The Bertz CT molecular complexity index is 956. The summed E-state index contributed by atoms with van der Waals surface area (Å²) in [6, 6.07) is 9.19. The molecule has 0 unspecified atom stereocenters. The van der Waals surface area contributed by atoms with E-state index in [0.717, 1.165) is 49.9 Å². The Morgan fingerprint density at radius 2 is 1.81 bits per heavy atom. The van der Waals surface area contributed by atoms with Crippen LogP contribution in [0.3, 0.4) is 0 Å². The molecule has 0 aliphatic carbocycles. The number of allylic oxidation sites excluding steroid dienone is 1. The molecule has 0 aromatic heterocycles. The zero-order valence-electron chi connectivity index (χ0n) is 19.0. The zero-order valence-corrected chi connectivity index (χ0v) is 19.0. The van der Waals surface area contributed by atoms with E-state index in [-0.39, 0.29) is 17.3 Å². The number of phenols is 1. The summed E-state index contributed by atoms with van der Waals surface area (Å²) in [7, 11) is 1.60. The Hall–Kier alpha value is -2.79. The van der Waals surface area contributed by atoms with Crippen LogP contribution >= 0.6 is 0 Å². The molecule has 0 radical (unpaired) electrons. The van der Waals surface area contributed by atoms with Gasteiger partial charge in [-0.3, -0.25) is 9.69 Å². The summed E-state index contributed by atoms with van der Waals surface area (Å²) in [5.41, 5.74) is 2.72. The zero-order chi connectivity index (χ0) is 22.4. The molecule has 5 heteroatoms. The number of nitrogens with zero attached hydrogens (tertiary/aromatic N) is 1. The minimum atomic E-state index is -0.159. The van der Waals surface area contributed by atoms with Gasteiger partial charge in [-0.1, -0.05) is 44.9 Å². The first-order chi connectivity index (χ1) is 15.0. The molecule has 1 aliphatic heterocycles. The molecule has 5 nitrogen and oxygen atoms in total. The third-order valence-corrected chi connectivity index (χ3v) is 5.68. The Morgan fingerprint density at radius 1 is 1.13 bits per heavy atom. The summed E-state index contributed by atoms with van der Waals surface area (Å²) in [4.78, 5) is 15.5. The standard InChI is InChI=1S/C26H33NO4/c1-5-7-13-27(14-8-6-2)17-20-21(28)15-18(3)24-25(29)23(31-26(20)24)16-19-11-9-10-12-22(19)30-4/h9-12,15-16,28H,5-8,13-14,17H2,1-4H3/b23-16+. The van der Waals surface area contributed by atoms with Crippen molar-refractivity contribution in [3.63, 3.8) is 0 Å². The van der Waals surface area contributed by atoms with Crippen molar-refractivity contribution in [2.45, 2.75) is 53.0 Å². The van der Waals surface area contributed by atoms with Crippen LogP contribution in [0, 0.1) is 6.92 Å². The third-order valence-electron chi connectivity index (χ3n) is 5.68. The number of aromatic hydroxyl groups is 1. The van der Waals surface area contributed by atoms with E-state index in [4.69, 9.17) is 9.47 Å². The molecular formula is C26H33NO4. The lowest BCUT2D eigenvalue weighted by Crippen LogP contribution is -2.26. The number of aryl methyl sites for hydroxylation is 1. The fraction of sp³-hybridized carbons (Fsp3) is 0.423. The Kier molecular flexibility index (Phi) is 7.75. The minimum Gasteiger partial charge on any atom is -0.507 e. The van der Waals surface area contributed by atoms with Crippen LogP contribution in [0.4, 0.5) is 0 Å². The van der Waals surface area contributed by atoms with Gasteiger partial charge in [0.15, 0.2) is 5.76 Å². The highest BCUT2D eigenvalue weighted by atomic mass is 16.5. The number of phenolic OH excluding ortho intramolecular Hbond substituents is 1. The van der Waals surface area contributed by atoms with Gasteiger partial charge in [-0.05, 0) is 56.6 Å². The maximum atomic E-state index is 13.2. The van der Waals surface area contributed by atoms with Gasteiger partial charge in [-0.15, -0.1) is 0 Å². The number of hydrogen-bond donors (Lipinski definition) is 1. The Labute approximate surface area is 185 Å². The van der Waals surface area contributed by atoms with Crippen molar-refractivity contribution in [1.82, 2.24) is 4.90 Å². The number of para-hydroxylation sites is 1. The van der Waals surface area contributed by atoms with Gasteiger partial charge >= 0.3 is 0 Å². The number of benzene rings is 2. The van der Waals surface area contributed by atoms with Crippen LogP contribution in [-0.4, -0.2) is 36.0 Å². The number of hydrogen-bond acceptors (Lipinski definition) is 5. The van der Waals surface area contributed by atoms with Gasteiger partial charge in [0.2, 0.25) is 5.78 Å². The molecule has 0 spiro atoms. The first kappa shape index (κ1) is 22.9. The second-order valence-electron chi connectivity index (χ2n) is 8.06. The van der Waals surface area contributed by atoms with Gasteiger partial charge in [0.05, 0.1) is 18.2 Å². The van der Waals surface area contributed by atoms with Crippen molar-refractivity contribution in [1.29, 1.82) is 0 Å².